The van der Waals surface area contributed by atoms with Crippen molar-refractivity contribution in [2.24, 2.45) is 7.05 Å². The Morgan fingerprint density at radius 3 is 2.65 bits per heavy atom. The summed E-state index contributed by atoms with van der Waals surface area (Å²) >= 11 is 0. The molecular formula is C20H23NO2. The second kappa shape index (κ2) is 7.63. The van der Waals surface area contributed by atoms with E-state index in [1.165, 1.54) is 22.2 Å². The maximum absolute atomic E-state index is 10.3. The van der Waals surface area contributed by atoms with Gasteiger partial charge < -0.3 is 9.30 Å². The van der Waals surface area contributed by atoms with Gasteiger partial charge in [-0.1, -0.05) is 29.9 Å². The number of methoxy groups -OCH3 is 1. The first-order chi connectivity index (χ1) is 11.0. The number of benzene rings is 1. The SMILES string of the molecule is CC1=CC=C(C=O)CC=C1.COc1ccc2c(c1)cc(C)n2C. The molecule has 1 heterocycles. The monoisotopic (exact) mass is 309 g/mol. The molecular weight excluding hydrogens is 286 g/mol. The summed E-state index contributed by atoms with van der Waals surface area (Å²) in [5.41, 5.74) is 4.55. The number of hydrogen-bond acceptors (Lipinski definition) is 2. The van der Waals surface area contributed by atoms with Gasteiger partial charge in [-0.25, -0.2) is 0 Å². The predicted molar refractivity (Wildman–Crippen MR) is 95.9 cm³/mol. The Kier molecular flexibility index (Phi) is 5.58. The molecule has 0 atom stereocenters. The number of allylic oxidation sites excluding steroid dienone is 6. The summed E-state index contributed by atoms with van der Waals surface area (Å²) in [7, 11) is 3.76. The van der Waals surface area contributed by atoms with Crippen molar-refractivity contribution in [2.45, 2.75) is 20.3 Å². The molecule has 23 heavy (non-hydrogen) atoms. The van der Waals surface area contributed by atoms with Gasteiger partial charge >= 0.3 is 0 Å². The van der Waals surface area contributed by atoms with Crippen LogP contribution in [0.25, 0.3) is 10.9 Å². The molecule has 0 unspecified atom stereocenters. The first-order valence-corrected chi connectivity index (χ1v) is 7.64. The minimum atomic E-state index is 0.761. The van der Waals surface area contributed by atoms with Gasteiger partial charge in [-0.15, -0.1) is 0 Å². The van der Waals surface area contributed by atoms with Gasteiger partial charge in [-0.05, 0) is 50.1 Å². The lowest BCUT2D eigenvalue weighted by Gasteiger charge is -2.00. The van der Waals surface area contributed by atoms with Crippen LogP contribution in [-0.2, 0) is 11.8 Å². The van der Waals surface area contributed by atoms with Crippen LogP contribution in [0.15, 0.2) is 59.7 Å². The number of rotatable bonds is 2. The van der Waals surface area contributed by atoms with Crippen LogP contribution in [0, 0.1) is 6.92 Å². The zero-order chi connectivity index (χ0) is 16.8. The third-order valence-corrected chi connectivity index (χ3v) is 3.94. The highest BCUT2D eigenvalue weighted by Crippen LogP contribution is 2.23. The van der Waals surface area contributed by atoms with E-state index >= 15 is 0 Å². The molecule has 120 valence electrons. The van der Waals surface area contributed by atoms with E-state index in [1.807, 2.05) is 37.3 Å². The molecule has 3 nitrogen and oxygen atoms in total. The second-order valence-corrected chi connectivity index (χ2v) is 5.65. The number of aromatic nitrogens is 1. The van der Waals surface area contributed by atoms with Gasteiger partial charge in [0.2, 0.25) is 0 Å². The van der Waals surface area contributed by atoms with Crippen LogP contribution in [0.2, 0.25) is 0 Å². The van der Waals surface area contributed by atoms with E-state index < -0.39 is 0 Å². The van der Waals surface area contributed by atoms with Crippen molar-refractivity contribution in [1.82, 2.24) is 4.57 Å². The number of ether oxygens (including phenoxy) is 1. The molecule has 0 spiro atoms. The number of fused-ring (bicyclic) bond motifs is 1. The highest BCUT2D eigenvalue weighted by atomic mass is 16.5. The van der Waals surface area contributed by atoms with Crippen molar-refractivity contribution in [3.05, 3.63) is 65.4 Å². The number of hydrogen-bond donors (Lipinski definition) is 0. The molecule has 0 saturated carbocycles. The van der Waals surface area contributed by atoms with Gasteiger partial charge in [0.1, 0.15) is 12.0 Å². The molecule has 0 aliphatic heterocycles. The van der Waals surface area contributed by atoms with Gasteiger partial charge in [0.15, 0.2) is 0 Å². The Morgan fingerprint density at radius 1 is 1.17 bits per heavy atom. The van der Waals surface area contributed by atoms with Crippen molar-refractivity contribution in [2.75, 3.05) is 7.11 Å². The Bertz CT molecular complexity index is 791. The summed E-state index contributed by atoms with van der Waals surface area (Å²) in [5.74, 6) is 0.915. The number of carbonyl (C=O) groups excluding carboxylic acids is 1. The topological polar surface area (TPSA) is 31.2 Å². The molecule has 2 aromatic rings. The van der Waals surface area contributed by atoms with E-state index in [2.05, 4.69) is 36.7 Å². The smallest absolute Gasteiger partial charge is 0.146 e. The number of nitrogens with zero attached hydrogens (tertiary/aromatic N) is 1. The summed E-state index contributed by atoms with van der Waals surface area (Å²) in [6.45, 7) is 4.12. The normalized spacial score (nSPS) is 13.6. The second-order valence-electron chi connectivity index (χ2n) is 5.65. The van der Waals surface area contributed by atoms with Gasteiger partial charge in [-0.3, -0.25) is 4.79 Å². The summed E-state index contributed by atoms with van der Waals surface area (Å²) in [6.07, 6.45) is 9.50. The Labute approximate surface area is 137 Å². The third kappa shape index (κ3) is 4.22. The molecule has 0 bridgehead atoms. The van der Waals surface area contributed by atoms with E-state index in [1.54, 1.807) is 7.11 Å². The molecule has 0 N–H and O–H groups in total. The molecule has 0 saturated heterocycles. The molecule has 1 aliphatic carbocycles. The van der Waals surface area contributed by atoms with E-state index in [-0.39, 0.29) is 0 Å². The fourth-order valence-electron chi connectivity index (χ4n) is 2.42. The van der Waals surface area contributed by atoms with Gasteiger partial charge in [0.25, 0.3) is 0 Å². The zero-order valence-corrected chi connectivity index (χ0v) is 14.2. The van der Waals surface area contributed by atoms with Crippen LogP contribution in [0.1, 0.15) is 19.0 Å². The van der Waals surface area contributed by atoms with E-state index in [9.17, 15) is 4.79 Å². The molecule has 1 aromatic heterocycles. The molecule has 1 aromatic carbocycles. The molecule has 0 radical (unpaired) electrons. The average molecular weight is 309 g/mol. The van der Waals surface area contributed by atoms with Crippen molar-refractivity contribution in [1.29, 1.82) is 0 Å². The minimum Gasteiger partial charge on any atom is -0.497 e. The molecule has 0 amide bonds. The quantitative estimate of drug-likeness (QED) is 0.764. The van der Waals surface area contributed by atoms with Gasteiger partial charge in [0.05, 0.1) is 7.11 Å². The maximum atomic E-state index is 10.3. The lowest BCUT2D eigenvalue weighted by molar-refractivity contribution is -0.104. The van der Waals surface area contributed by atoms with Crippen LogP contribution < -0.4 is 4.74 Å². The number of aryl methyl sites for hydroxylation is 2. The molecule has 1 aliphatic rings. The summed E-state index contributed by atoms with van der Waals surface area (Å²) in [5, 5.41) is 1.24. The fraction of sp³-hybridized carbons (Fsp3) is 0.250. The highest BCUT2D eigenvalue weighted by molar-refractivity contribution is 5.82. The van der Waals surface area contributed by atoms with Crippen molar-refractivity contribution in [3.63, 3.8) is 0 Å². The van der Waals surface area contributed by atoms with Crippen molar-refractivity contribution in [3.8, 4) is 5.75 Å². The number of carbonyl (C=O) groups is 1. The van der Waals surface area contributed by atoms with Crippen LogP contribution in [0.4, 0.5) is 0 Å². The lowest BCUT2D eigenvalue weighted by atomic mass is 10.2. The summed E-state index contributed by atoms with van der Waals surface area (Å²) < 4.78 is 7.34. The fourth-order valence-corrected chi connectivity index (χ4v) is 2.42. The first kappa shape index (κ1) is 16.8. The minimum absolute atomic E-state index is 0.761. The van der Waals surface area contributed by atoms with Crippen molar-refractivity contribution >= 4 is 17.2 Å². The van der Waals surface area contributed by atoms with Crippen LogP contribution in [0.3, 0.4) is 0 Å². The van der Waals surface area contributed by atoms with E-state index in [0.29, 0.717) is 0 Å². The van der Waals surface area contributed by atoms with E-state index in [0.717, 1.165) is 24.0 Å². The summed E-state index contributed by atoms with van der Waals surface area (Å²) in [4.78, 5) is 10.3. The molecule has 3 rings (SSSR count). The Hall–Kier alpha value is -2.55. The Morgan fingerprint density at radius 2 is 1.96 bits per heavy atom. The summed E-state index contributed by atoms with van der Waals surface area (Å²) in [6, 6.07) is 8.29. The van der Waals surface area contributed by atoms with Gasteiger partial charge in [0, 0.05) is 23.6 Å². The number of aldehydes is 1. The average Bonchev–Trinajstić information content (AvgIpc) is 2.72. The Balaban J connectivity index is 0.000000174. The van der Waals surface area contributed by atoms with Gasteiger partial charge in [-0.2, -0.15) is 0 Å². The van der Waals surface area contributed by atoms with E-state index in [4.69, 9.17) is 4.74 Å². The predicted octanol–water partition coefficient (Wildman–Crippen LogP) is 4.51. The third-order valence-electron chi connectivity index (χ3n) is 3.94. The largest absolute Gasteiger partial charge is 0.497 e. The molecule has 0 fully saturated rings. The zero-order valence-electron chi connectivity index (χ0n) is 14.2. The van der Waals surface area contributed by atoms with Crippen LogP contribution in [-0.4, -0.2) is 18.0 Å². The van der Waals surface area contributed by atoms with Crippen LogP contribution >= 0.6 is 0 Å². The van der Waals surface area contributed by atoms with Crippen molar-refractivity contribution < 1.29 is 9.53 Å². The van der Waals surface area contributed by atoms with Crippen LogP contribution in [0.5, 0.6) is 5.75 Å². The standard InChI is InChI=1S/C11H13NO.C9H10O/c1-8-6-9-7-10(13-3)4-5-11(9)12(8)2;1-8-3-2-4-9(7-10)6-5-8/h4-7H,1-3H3;2-3,5-7H,4H2,1H3. The molecule has 3 heteroatoms. The maximum Gasteiger partial charge on any atom is 0.146 e. The highest BCUT2D eigenvalue weighted by Gasteiger charge is 2.02. The lowest BCUT2D eigenvalue weighted by Crippen LogP contribution is -1.89. The first-order valence-electron chi connectivity index (χ1n) is 7.64.